The molecule has 0 saturated carbocycles. The summed E-state index contributed by atoms with van der Waals surface area (Å²) < 4.78 is 34.0. The first-order valence-corrected chi connectivity index (χ1v) is 13.7. The Morgan fingerprint density at radius 3 is 2.46 bits per heavy atom. The standard InChI is InChI=1S/C28H33N3O5S/c1-19-10-12-24(13-11-19)37(34,35)30(4)17-26-20(2)16-31(21(3)18-32)28(33)25-14-23(15-29-27(25)36-26)22-8-6-5-7-9-22/h5-15,20-21,26,32H,16-18H2,1-4H3/t20-,21+,26+/m1/s1. The number of carbonyl (C=O) groups is 1. The number of hydrogen-bond acceptors (Lipinski definition) is 6. The monoisotopic (exact) mass is 523 g/mol. The first-order chi connectivity index (χ1) is 17.6. The number of nitrogens with zero attached hydrogens (tertiary/aromatic N) is 3. The van der Waals surface area contributed by atoms with Gasteiger partial charge in [-0.1, -0.05) is 55.0 Å². The van der Waals surface area contributed by atoms with E-state index in [1.165, 1.54) is 11.4 Å². The van der Waals surface area contributed by atoms with Crippen molar-refractivity contribution in [2.24, 2.45) is 5.92 Å². The van der Waals surface area contributed by atoms with Crippen molar-refractivity contribution < 1.29 is 23.1 Å². The molecule has 0 saturated heterocycles. The van der Waals surface area contributed by atoms with Crippen LogP contribution in [-0.2, 0) is 10.0 Å². The van der Waals surface area contributed by atoms with Crippen LogP contribution in [0.3, 0.4) is 0 Å². The van der Waals surface area contributed by atoms with Crippen LogP contribution in [0.2, 0.25) is 0 Å². The Labute approximate surface area is 218 Å². The Kier molecular flexibility index (Phi) is 7.96. The number of carbonyl (C=O) groups excluding carboxylic acids is 1. The van der Waals surface area contributed by atoms with Crippen molar-refractivity contribution >= 4 is 15.9 Å². The molecule has 3 aromatic rings. The molecule has 0 radical (unpaired) electrons. The highest BCUT2D eigenvalue weighted by Gasteiger charge is 2.36. The average molecular weight is 524 g/mol. The van der Waals surface area contributed by atoms with E-state index < -0.39 is 22.2 Å². The maximum Gasteiger partial charge on any atom is 0.259 e. The average Bonchev–Trinajstić information content (AvgIpc) is 2.90. The normalized spacial score (nSPS) is 19.1. The summed E-state index contributed by atoms with van der Waals surface area (Å²) in [5.74, 6) is -0.373. The third-order valence-corrected chi connectivity index (χ3v) is 8.63. The van der Waals surface area contributed by atoms with E-state index in [-0.39, 0.29) is 41.3 Å². The van der Waals surface area contributed by atoms with Crippen molar-refractivity contribution in [1.82, 2.24) is 14.2 Å². The van der Waals surface area contributed by atoms with Gasteiger partial charge in [-0.25, -0.2) is 13.4 Å². The molecule has 8 nitrogen and oxygen atoms in total. The van der Waals surface area contributed by atoms with Crippen molar-refractivity contribution in [2.45, 2.75) is 37.8 Å². The van der Waals surface area contributed by atoms with Crippen LogP contribution in [0.15, 0.2) is 71.8 Å². The lowest BCUT2D eigenvalue weighted by molar-refractivity contribution is 0.0373. The van der Waals surface area contributed by atoms with Crippen LogP contribution in [0.4, 0.5) is 0 Å². The number of aliphatic hydroxyl groups excluding tert-OH is 1. The van der Waals surface area contributed by atoms with Crippen LogP contribution in [0.25, 0.3) is 11.1 Å². The van der Waals surface area contributed by atoms with Gasteiger partial charge in [0.25, 0.3) is 5.91 Å². The van der Waals surface area contributed by atoms with Crippen molar-refractivity contribution in [2.75, 3.05) is 26.7 Å². The molecule has 0 bridgehead atoms. The van der Waals surface area contributed by atoms with Crippen molar-refractivity contribution in [3.8, 4) is 17.0 Å². The van der Waals surface area contributed by atoms with Crippen molar-refractivity contribution in [3.63, 3.8) is 0 Å². The molecule has 196 valence electrons. The van der Waals surface area contributed by atoms with Gasteiger partial charge in [0, 0.05) is 31.3 Å². The fourth-order valence-electron chi connectivity index (χ4n) is 4.35. The number of hydrogen-bond donors (Lipinski definition) is 1. The van der Waals surface area contributed by atoms with Gasteiger partial charge in [-0.3, -0.25) is 4.79 Å². The lowest BCUT2D eigenvalue weighted by atomic mass is 9.99. The zero-order valence-corrected chi connectivity index (χ0v) is 22.4. The topological polar surface area (TPSA) is 100 Å². The van der Waals surface area contributed by atoms with Gasteiger partial charge in [-0.15, -0.1) is 0 Å². The predicted molar refractivity (Wildman–Crippen MR) is 142 cm³/mol. The van der Waals surface area contributed by atoms with Gasteiger partial charge in [0.15, 0.2) is 0 Å². The highest BCUT2D eigenvalue weighted by molar-refractivity contribution is 7.89. The van der Waals surface area contributed by atoms with Gasteiger partial charge >= 0.3 is 0 Å². The van der Waals surface area contributed by atoms with Crippen LogP contribution >= 0.6 is 0 Å². The molecule has 1 N–H and O–H groups in total. The molecule has 37 heavy (non-hydrogen) atoms. The first-order valence-electron chi connectivity index (χ1n) is 12.3. The van der Waals surface area contributed by atoms with Crippen LogP contribution in [0, 0.1) is 12.8 Å². The highest BCUT2D eigenvalue weighted by atomic mass is 32.2. The molecule has 2 aromatic carbocycles. The molecule has 0 unspecified atom stereocenters. The second-order valence-corrected chi connectivity index (χ2v) is 11.7. The number of likely N-dealkylation sites (N-methyl/N-ethyl adjacent to an activating group) is 1. The summed E-state index contributed by atoms with van der Waals surface area (Å²) in [5.41, 5.74) is 2.92. The Morgan fingerprint density at radius 1 is 1.14 bits per heavy atom. The molecule has 3 atom stereocenters. The third kappa shape index (κ3) is 5.69. The molecule has 1 aliphatic heterocycles. The van der Waals surface area contributed by atoms with Crippen LogP contribution < -0.4 is 4.74 Å². The number of fused-ring (bicyclic) bond motifs is 1. The summed E-state index contributed by atoms with van der Waals surface area (Å²) >= 11 is 0. The largest absolute Gasteiger partial charge is 0.472 e. The lowest BCUT2D eigenvalue weighted by Gasteiger charge is -2.37. The Hall–Kier alpha value is -3.27. The number of ether oxygens (including phenoxy) is 1. The van der Waals surface area contributed by atoms with Gasteiger partial charge in [0.05, 0.1) is 24.1 Å². The number of benzene rings is 2. The summed E-state index contributed by atoms with van der Waals surface area (Å²) in [7, 11) is -2.23. The molecule has 2 heterocycles. The Bertz CT molecular complexity index is 1350. The highest BCUT2D eigenvalue weighted by Crippen LogP contribution is 2.30. The Morgan fingerprint density at radius 2 is 1.81 bits per heavy atom. The number of pyridine rings is 1. The molecule has 0 aliphatic carbocycles. The summed E-state index contributed by atoms with van der Waals surface area (Å²) in [5, 5.41) is 9.87. The summed E-state index contributed by atoms with van der Waals surface area (Å²) in [6, 6.07) is 17.6. The number of aryl methyl sites for hydroxylation is 1. The maximum absolute atomic E-state index is 13.6. The van der Waals surface area contributed by atoms with Gasteiger partial charge in [0.1, 0.15) is 11.7 Å². The van der Waals surface area contributed by atoms with E-state index in [1.54, 1.807) is 48.4 Å². The van der Waals surface area contributed by atoms with Crippen molar-refractivity contribution in [1.29, 1.82) is 0 Å². The molecule has 1 aromatic heterocycles. The van der Waals surface area contributed by atoms with E-state index in [1.807, 2.05) is 44.2 Å². The molecular formula is C28H33N3O5S. The Balaban J connectivity index is 1.70. The van der Waals surface area contributed by atoms with E-state index in [9.17, 15) is 18.3 Å². The smallest absolute Gasteiger partial charge is 0.259 e. The summed E-state index contributed by atoms with van der Waals surface area (Å²) in [6.07, 6.45) is 1.07. The molecular weight excluding hydrogens is 490 g/mol. The van der Waals surface area contributed by atoms with E-state index in [0.717, 1.165) is 16.7 Å². The zero-order chi connectivity index (χ0) is 26.7. The zero-order valence-electron chi connectivity index (χ0n) is 21.5. The summed E-state index contributed by atoms with van der Waals surface area (Å²) in [4.78, 5) is 19.9. The second-order valence-electron chi connectivity index (χ2n) is 9.66. The van der Waals surface area contributed by atoms with E-state index in [2.05, 4.69) is 4.98 Å². The molecule has 0 spiro atoms. The quantitative estimate of drug-likeness (QED) is 0.508. The van der Waals surface area contributed by atoms with Gasteiger partial charge < -0.3 is 14.7 Å². The molecule has 4 rings (SSSR count). The maximum atomic E-state index is 13.6. The molecule has 1 amide bonds. The van der Waals surface area contributed by atoms with Gasteiger partial charge in [0.2, 0.25) is 15.9 Å². The molecule has 1 aliphatic rings. The molecule has 0 fully saturated rings. The fourth-order valence-corrected chi connectivity index (χ4v) is 5.53. The van der Waals surface area contributed by atoms with Gasteiger partial charge in [-0.05, 0) is 37.6 Å². The number of aromatic nitrogens is 1. The summed E-state index contributed by atoms with van der Waals surface area (Å²) in [6.45, 7) is 5.74. The van der Waals surface area contributed by atoms with Crippen LogP contribution in [0.1, 0.15) is 29.8 Å². The van der Waals surface area contributed by atoms with Crippen LogP contribution in [0.5, 0.6) is 5.88 Å². The van der Waals surface area contributed by atoms with Crippen molar-refractivity contribution in [3.05, 3.63) is 78.0 Å². The minimum atomic E-state index is -3.75. The minimum absolute atomic E-state index is 0.0640. The minimum Gasteiger partial charge on any atom is -0.472 e. The number of rotatable bonds is 7. The third-order valence-electron chi connectivity index (χ3n) is 6.79. The fraction of sp³-hybridized carbons (Fsp3) is 0.357. The number of amides is 1. The first kappa shape index (κ1) is 26.8. The number of aliphatic hydroxyl groups is 1. The second kappa shape index (κ2) is 11.0. The number of sulfonamides is 1. The molecule has 9 heteroatoms. The SMILES string of the molecule is Cc1ccc(S(=O)(=O)N(C)C[C@@H]2Oc3ncc(-c4ccccc4)cc3C(=O)N([C@@H](C)CO)C[C@H]2C)cc1. The van der Waals surface area contributed by atoms with Gasteiger partial charge in [-0.2, -0.15) is 4.31 Å². The van der Waals surface area contributed by atoms with Crippen LogP contribution in [-0.4, -0.2) is 72.5 Å². The predicted octanol–water partition coefficient (Wildman–Crippen LogP) is 3.60. The van der Waals surface area contributed by atoms with E-state index in [0.29, 0.717) is 6.54 Å². The lowest BCUT2D eigenvalue weighted by Crippen LogP contribution is -2.50. The van der Waals surface area contributed by atoms with E-state index in [4.69, 9.17) is 4.74 Å². The van der Waals surface area contributed by atoms with E-state index >= 15 is 0 Å².